The lowest BCUT2D eigenvalue weighted by molar-refractivity contribution is -0.121. The highest BCUT2D eigenvalue weighted by atomic mass is 32.1. The fraction of sp³-hybridized carbons (Fsp3) is 0.222. The molecule has 1 amide bonds. The monoisotopic (exact) mass is 325 g/mol. The quantitative estimate of drug-likeness (QED) is 0.725. The van der Waals surface area contributed by atoms with Crippen molar-refractivity contribution in [3.63, 3.8) is 0 Å². The van der Waals surface area contributed by atoms with Crippen molar-refractivity contribution < 1.29 is 4.79 Å². The Morgan fingerprint density at radius 1 is 1.13 bits per heavy atom. The van der Waals surface area contributed by atoms with Crippen LogP contribution in [0.2, 0.25) is 0 Å². The van der Waals surface area contributed by atoms with Gasteiger partial charge in [0.05, 0.1) is 5.69 Å². The molecule has 0 bridgehead atoms. The summed E-state index contributed by atoms with van der Waals surface area (Å²) in [6.45, 7) is 0.670. The summed E-state index contributed by atoms with van der Waals surface area (Å²) in [6, 6.07) is 12.2. The van der Waals surface area contributed by atoms with E-state index >= 15 is 0 Å². The van der Waals surface area contributed by atoms with Gasteiger partial charge in [0.15, 0.2) is 0 Å². The van der Waals surface area contributed by atoms with Gasteiger partial charge in [-0.1, -0.05) is 12.1 Å². The molecule has 1 N–H and O–H groups in total. The van der Waals surface area contributed by atoms with Crippen molar-refractivity contribution in [1.29, 1.82) is 0 Å². The van der Waals surface area contributed by atoms with Crippen molar-refractivity contribution in [3.8, 4) is 5.69 Å². The normalized spacial score (nSPS) is 10.6. The predicted molar refractivity (Wildman–Crippen MR) is 92.9 cm³/mol. The van der Waals surface area contributed by atoms with Gasteiger partial charge in [0.2, 0.25) is 5.91 Å². The van der Waals surface area contributed by atoms with Gasteiger partial charge >= 0.3 is 0 Å². The van der Waals surface area contributed by atoms with Crippen LogP contribution in [0.5, 0.6) is 0 Å². The molecule has 3 aromatic rings. The number of carbonyl (C=O) groups is 1. The average molecular weight is 325 g/mol. The number of thiophene rings is 1. The topological polar surface area (TPSA) is 46.9 Å². The van der Waals surface area contributed by atoms with Crippen LogP contribution < -0.4 is 5.32 Å². The molecule has 5 heteroatoms. The van der Waals surface area contributed by atoms with Crippen LogP contribution in [0.3, 0.4) is 0 Å². The minimum atomic E-state index is 0.115. The number of nitrogens with one attached hydrogen (secondary N) is 1. The predicted octanol–water partition coefficient (Wildman–Crippen LogP) is 3.23. The van der Waals surface area contributed by atoms with Crippen LogP contribution in [0, 0.1) is 0 Å². The smallest absolute Gasteiger partial charge is 0.220 e. The number of hydrogen-bond donors (Lipinski definition) is 1. The van der Waals surface area contributed by atoms with Gasteiger partial charge in [0.1, 0.15) is 0 Å². The van der Waals surface area contributed by atoms with Crippen LogP contribution in [0.15, 0.2) is 59.6 Å². The van der Waals surface area contributed by atoms with Gasteiger partial charge in [-0.05, 0) is 59.0 Å². The molecular weight excluding hydrogens is 306 g/mol. The molecule has 0 aliphatic heterocycles. The molecule has 1 aromatic carbocycles. The number of amides is 1. The Morgan fingerprint density at radius 3 is 2.70 bits per heavy atom. The van der Waals surface area contributed by atoms with E-state index in [2.05, 4.69) is 34.0 Å². The number of aromatic nitrogens is 2. The molecule has 118 valence electrons. The number of rotatable bonds is 7. The van der Waals surface area contributed by atoms with Gasteiger partial charge in [0.25, 0.3) is 0 Å². The van der Waals surface area contributed by atoms with Crippen LogP contribution in [0.1, 0.15) is 17.5 Å². The van der Waals surface area contributed by atoms with E-state index in [0.717, 1.165) is 18.5 Å². The van der Waals surface area contributed by atoms with Gasteiger partial charge in [0, 0.05) is 25.4 Å². The highest BCUT2D eigenvalue weighted by molar-refractivity contribution is 7.07. The third-order valence-electron chi connectivity index (χ3n) is 3.66. The Balaban J connectivity index is 1.41. The molecule has 23 heavy (non-hydrogen) atoms. The van der Waals surface area contributed by atoms with Gasteiger partial charge in [-0.2, -0.15) is 16.4 Å². The maximum Gasteiger partial charge on any atom is 0.220 e. The fourth-order valence-electron chi connectivity index (χ4n) is 2.36. The number of benzene rings is 1. The molecular formula is C18H19N3OS. The number of hydrogen-bond acceptors (Lipinski definition) is 3. The lowest BCUT2D eigenvalue weighted by Crippen LogP contribution is -2.25. The molecule has 0 radical (unpaired) electrons. The largest absolute Gasteiger partial charge is 0.356 e. The van der Waals surface area contributed by atoms with Gasteiger partial charge < -0.3 is 5.32 Å². The van der Waals surface area contributed by atoms with Gasteiger partial charge in [-0.25, -0.2) is 4.68 Å². The third kappa shape index (κ3) is 4.53. The van der Waals surface area contributed by atoms with Crippen molar-refractivity contribution in [2.45, 2.75) is 19.3 Å². The van der Waals surface area contributed by atoms with Crippen molar-refractivity contribution in [2.75, 3.05) is 6.54 Å². The molecule has 0 fully saturated rings. The van der Waals surface area contributed by atoms with Crippen LogP contribution in [-0.2, 0) is 17.6 Å². The molecule has 0 saturated heterocycles. The molecule has 3 rings (SSSR count). The van der Waals surface area contributed by atoms with Crippen LogP contribution >= 0.6 is 11.3 Å². The lowest BCUT2D eigenvalue weighted by atomic mass is 10.1. The van der Waals surface area contributed by atoms with E-state index in [9.17, 15) is 4.79 Å². The summed E-state index contributed by atoms with van der Waals surface area (Å²) in [5, 5.41) is 11.3. The molecule has 2 heterocycles. The molecule has 0 atom stereocenters. The Morgan fingerprint density at radius 2 is 2.00 bits per heavy atom. The highest BCUT2D eigenvalue weighted by Gasteiger charge is 2.03. The van der Waals surface area contributed by atoms with E-state index in [1.54, 1.807) is 17.5 Å². The standard InChI is InChI=1S/C18H19N3OS/c22-18(7-4-16-9-13-23-14-16)19-11-8-15-2-5-17(6-3-15)21-12-1-10-20-21/h1-3,5-6,9-10,12-14H,4,7-8,11H2,(H,19,22). The molecule has 0 saturated carbocycles. The van der Waals surface area contributed by atoms with E-state index in [1.165, 1.54) is 11.1 Å². The molecule has 0 unspecified atom stereocenters. The van der Waals surface area contributed by atoms with E-state index in [4.69, 9.17) is 0 Å². The minimum absolute atomic E-state index is 0.115. The summed E-state index contributed by atoms with van der Waals surface area (Å²) in [7, 11) is 0. The molecule has 2 aromatic heterocycles. The highest BCUT2D eigenvalue weighted by Crippen LogP contribution is 2.09. The number of aryl methyl sites for hydroxylation is 1. The van der Waals surface area contributed by atoms with Crippen molar-refractivity contribution >= 4 is 17.2 Å². The van der Waals surface area contributed by atoms with Gasteiger partial charge in [-0.15, -0.1) is 0 Å². The Hall–Kier alpha value is -2.40. The number of carbonyl (C=O) groups excluding carboxylic acids is 1. The molecule has 0 aliphatic carbocycles. The Labute approximate surface area is 139 Å². The SMILES string of the molecule is O=C(CCc1ccsc1)NCCc1ccc(-n2cccn2)cc1. The van der Waals surface area contributed by atoms with Crippen molar-refractivity contribution in [3.05, 3.63) is 70.7 Å². The molecule has 4 nitrogen and oxygen atoms in total. The van der Waals surface area contributed by atoms with Gasteiger partial charge in [-0.3, -0.25) is 4.79 Å². The van der Waals surface area contributed by atoms with E-state index in [-0.39, 0.29) is 5.91 Å². The number of nitrogens with zero attached hydrogens (tertiary/aromatic N) is 2. The van der Waals surface area contributed by atoms with Crippen LogP contribution in [0.25, 0.3) is 5.69 Å². The Kier molecular flexibility index (Phi) is 5.21. The fourth-order valence-corrected chi connectivity index (χ4v) is 3.07. The van der Waals surface area contributed by atoms with E-state index < -0.39 is 0 Å². The third-order valence-corrected chi connectivity index (χ3v) is 4.39. The molecule has 0 aliphatic rings. The molecule has 0 spiro atoms. The second-order valence-corrected chi connectivity index (χ2v) is 6.13. The lowest BCUT2D eigenvalue weighted by Gasteiger charge is -2.06. The average Bonchev–Trinajstić information content (AvgIpc) is 3.27. The summed E-state index contributed by atoms with van der Waals surface area (Å²) in [6.07, 6.45) is 5.88. The summed E-state index contributed by atoms with van der Waals surface area (Å²) >= 11 is 1.67. The van der Waals surface area contributed by atoms with E-state index in [0.29, 0.717) is 13.0 Å². The maximum absolute atomic E-state index is 11.8. The first-order valence-electron chi connectivity index (χ1n) is 7.68. The van der Waals surface area contributed by atoms with Crippen LogP contribution in [-0.4, -0.2) is 22.2 Å². The summed E-state index contributed by atoms with van der Waals surface area (Å²) in [5.74, 6) is 0.115. The first kappa shape index (κ1) is 15.5. The second-order valence-electron chi connectivity index (χ2n) is 5.35. The second kappa shape index (κ2) is 7.74. The zero-order valence-corrected chi connectivity index (χ0v) is 13.6. The zero-order valence-electron chi connectivity index (χ0n) is 12.8. The van der Waals surface area contributed by atoms with Crippen molar-refractivity contribution in [1.82, 2.24) is 15.1 Å². The van der Waals surface area contributed by atoms with E-state index in [1.807, 2.05) is 34.5 Å². The van der Waals surface area contributed by atoms with Crippen molar-refractivity contribution in [2.24, 2.45) is 0 Å². The summed E-state index contributed by atoms with van der Waals surface area (Å²) in [4.78, 5) is 11.8. The summed E-state index contributed by atoms with van der Waals surface area (Å²) in [5.41, 5.74) is 3.48. The first-order chi connectivity index (χ1) is 11.3. The Bertz CT molecular complexity index is 718. The minimum Gasteiger partial charge on any atom is -0.356 e. The summed E-state index contributed by atoms with van der Waals surface area (Å²) < 4.78 is 1.83. The first-order valence-corrected chi connectivity index (χ1v) is 8.62. The van der Waals surface area contributed by atoms with Crippen LogP contribution in [0.4, 0.5) is 0 Å². The zero-order chi connectivity index (χ0) is 15.9. The maximum atomic E-state index is 11.8.